The van der Waals surface area contributed by atoms with Crippen LogP contribution >= 0.6 is 11.8 Å². The van der Waals surface area contributed by atoms with Crippen molar-refractivity contribution in [3.8, 4) is 0 Å². The van der Waals surface area contributed by atoms with Crippen molar-refractivity contribution in [2.45, 2.75) is 4.90 Å². The predicted molar refractivity (Wildman–Crippen MR) is 72.6 cm³/mol. The van der Waals surface area contributed by atoms with Crippen molar-refractivity contribution < 1.29 is 9.84 Å². The van der Waals surface area contributed by atoms with Crippen LogP contribution in [0.3, 0.4) is 0 Å². The number of fused-ring (bicyclic) bond motifs is 1. The first-order valence-corrected chi connectivity index (χ1v) is 6.69. The fourth-order valence-electron chi connectivity index (χ4n) is 1.64. The molecular weight excluding hydrogens is 232 g/mol. The third-order valence-corrected chi connectivity index (χ3v) is 3.41. The highest BCUT2D eigenvalue weighted by Crippen LogP contribution is 2.23. The molecule has 3 heteroatoms. The number of benzene rings is 2. The summed E-state index contributed by atoms with van der Waals surface area (Å²) in [5.74, 6) is 0.915. The molecule has 0 radical (unpaired) electrons. The molecule has 0 amide bonds. The van der Waals surface area contributed by atoms with Crippen molar-refractivity contribution in [3.63, 3.8) is 0 Å². The summed E-state index contributed by atoms with van der Waals surface area (Å²) in [7, 11) is 0. The Kier molecular flexibility index (Phi) is 4.86. The first-order chi connectivity index (χ1) is 8.40. The van der Waals surface area contributed by atoms with Gasteiger partial charge in [0, 0.05) is 10.6 Å². The van der Waals surface area contributed by atoms with Crippen LogP contribution in [-0.2, 0) is 4.74 Å². The molecule has 0 unspecified atom stereocenters. The largest absolute Gasteiger partial charge is 0.394 e. The molecule has 0 bridgehead atoms. The molecule has 2 rings (SSSR count). The van der Waals surface area contributed by atoms with Crippen LogP contribution in [0.4, 0.5) is 0 Å². The van der Waals surface area contributed by atoms with Crippen LogP contribution < -0.4 is 0 Å². The molecule has 0 saturated carbocycles. The highest BCUT2D eigenvalue weighted by atomic mass is 32.2. The minimum absolute atomic E-state index is 0.0979. The molecular formula is C14H16O2S. The fraction of sp³-hybridized carbons (Fsp3) is 0.286. The van der Waals surface area contributed by atoms with E-state index < -0.39 is 0 Å². The predicted octanol–water partition coefficient (Wildman–Crippen LogP) is 2.94. The molecule has 2 aromatic rings. The zero-order valence-corrected chi connectivity index (χ0v) is 10.5. The van der Waals surface area contributed by atoms with Gasteiger partial charge >= 0.3 is 0 Å². The van der Waals surface area contributed by atoms with Crippen molar-refractivity contribution in [3.05, 3.63) is 42.5 Å². The molecule has 0 aliphatic rings. The molecule has 0 fully saturated rings. The van der Waals surface area contributed by atoms with Crippen molar-refractivity contribution in [2.75, 3.05) is 25.6 Å². The summed E-state index contributed by atoms with van der Waals surface area (Å²) in [4.78, 5) is 1.26. The van der Waals surface area contributed by atoms with Crippen LogP contribution in [0.5, 0.6) is 0 Å². The number of ether oxygens (including phenoxy) is 1. The van der Waals surface area contributed by atoms with Crippen LogP contribution in [0.2, 0.25) is 0 Å². The van der Waals surface area contributed by atoms with Gasteiger partial charge < -0.3 is 9.84 Å². The molecule has 0 spiro atoms. The summed E-state index contributed by atoms with van der Waals surface area (Å²) < 4.78 is 5.22. The van der Waals surface area contributed by atoms with Crippen molar-refractivity contribution in [2.24, 2.45) is 0 Å². The summed E-state index contributed by atoms with van der Waals surface area (Å²) in [5.41, 5.74) is 0. The first-order valence-electron chi connectivity index (χ1n) is 5.70. The average molecular weight is 248 g/mol. The van der Waals surface area contributed by atoms with E-state index >= 15 is 0 Å². The quantitative estimate of drug-likeness (QED) is 0.629. The standard InChI is InChI=1S/C14H16O2S/c15-7-8-16-9-10-17-14-6-5-12-3-1-2-4-13(12)11-14/h1-6,11,15H,7-10H2. The van der Waals surface area contributed by atoms with E-state index in [1.54, 1.807) is 11.8 Å². The molecule has 1 N–H and O–H groups in total. The second-order valence-corrected chi connectivity index (χ2v) is 4.86. The number of rotatable bonds is 6. The van der Waals surface area contributed by atoms with Crippen LogP contribution in [0.15, 0.2) is 47.4 Å². The van der Waals surface area contributed by atoms with Gasteiger partial charge in [-0.15, -0.1) is 11.8 Å². The Morgan fingerprint density at radius 2 is 1.82 bits per heavy atom. The monoisotopic (exact) mass is 248 g/mol. The highest BCUT2D eigenvalue weighted by Gasteiger charge is 1.97. The minimum atomic E-state index is 0.0979. The van der Waals surface area contributed by atoms with Gasteiger partial charge in [0.05, 0.1) is 19.8 Å². The summed E-state index contributed by atoms with van der Waals surface area (Å²) in [6, 6.07) is 14.8. The molecule has 0 heterocycles. The molecule has 2 aromatic carbocycles. The van der Waals surface area contributed by atoms with Gasteiger partial charge in [-0.05, 0) is 22.9 Å². The molecule has 90 valence electrons. The van der Waals surface area contributed by atoms with E-state index in [-0.39, 0.29) is 6.61 Å². The van der Waals surface area contributed by atoms with Crippen LogP contribution in [0, 0.1) is 0 Å². The van der Waals surface area contributed by atoms with Gasteiger partial charge in [-0.25, -0.2) is 0 Å². The maximum atomic E-state index is 8.57. The Morgan fingerprint density at radius 1 is 1.00 bits per heavy atom. The Labute approximate surface area is 106 Å². The van der Waals surface area contributed by atoms with Crippen LogP contribution in [0.25, 0.3) is 10.8 Å². The summed E-state index contributed by atoms with van der Waals surface area (Å²) >= 11 is 1.78. The van der Waals surface area contributed by atoms with Gasteiger partial charge in [0.1, 0.15) is 0 Å². The third-order valence-electron chi connectivity index (χ3n) is 2.45. The Morgan fingerprint density at radius 3 is 2.65 bits per heavy atom. The Bertz CT molecular complexity index is 470. The van der Waals surface area contributed by atoms with E-state index in [9.17, 15) is 0 Å². The second-order valence-electron chi connectivity index (χ2n) is 3.69. The molecule has 0 saturated heterocycles. The lowest BCUT2D eigenvalue weighted by molar-refractivity contribution is 0.103. The maximum absolute atomic E-state index is 8.57. The van der Waals surface area contributed by atoms with Gasteiger partial charge in [-0.2, -0.15) is 0 Å². The van der Waals surface area contributed by atoms with E-state index in [2.05, 4.69) is 42.5 Å². The zero-order chi connectivity index (χ0) is 11.9. The molecule has 0 atom stereocenters. The van der Waals surface area contributed by atoms with Crippen molar-refractivity contribution >= 4 is 22.5 Å². The third kappa shape index (κ3) is 3.73. The smallest absolute Gasteiger partial charge is 0.0698 e. The van der Waals surface area contributed by atoms with Gasteiger partial charge in [0.2, 0.25) is 0 Å². The zero-order valence-electron chi connectivity index (χ0n) is 9.63. The normalized spacial score (nSPS) is 10.9. The van der Waals surface area contributed by atoms with Crippen molar-refractivity contribution in [1.29, 1.82) is 0 Å². The van der Waals surface area contributed by atoms with Crippen molar-refractivity contribution in [1.82, 2.24) is 0 Å². The number of hydrogen-bond acceptors (Lipinski definition) is 3. The van der Waals surface area contributed by atoms with Crippen LogP contribution in [-0.4, -0.2) is 30.7 Å². The van der Waals surface area contributed by atoms with Crippen LogP contribution in [0.1, 0.15) is 0 Å². The molecule has 2 nitrogen and oxygen atoms in total. The van der Waals surface area contributed by atoms with Gasteiger partial charge in [-0.1, -0.05) is 30.3 Å². The molecule has 0 aromatic heterocycles. The molecule has 0 aliphatic carbocycles. The highest BCUT2D eigenvalue weighted by molar-refractivity contribution is 7.99. The van der Waals surface area contributed by atoms with E-state index in [0.29, 0.717) is 13.2 Å². The van der Waals surface area contributed by atoms with E-state index in [1.807, 2.05) is 0 Å². The first kappa shape index (κ1) is 12.4. The van der Waals surface area contributed by atoms with Gasteiger partial charge in [0.15, 0.2) is 0 Å². The minimum Gasteiger partial charge on any atom is -0.394 e. The summed E-state index contributed by atoms with van der Waals surface area (Å²) in [5, 5.41) is 11.1. The fourth-order valence-corrected chi connectivity index (χ4v) is 2.45. The Balaban J connectivity index is 1.90. The van der Waals surface area contributed by atoms with Gasteiger partial charge in [0.25, 0.3) is 0 Å². The topological polar surface area (TPSA) is 29.5 Å². The number of aliphatic hydroxyl groups excluding tert-OH is 1. The molecule has 17 heavy (non-hydrogen) atoms. The average Bonchev–Trinajstić information content (AvgIpc) is 2.38. The van der Waals surface area contributed by atoms with E-state index in [1.165, 1.54) is 15.7 Å². The number of thioether (sulfide) groups is 1. The van der Waals surface area contributed by atoms with E-state index in [0.717, 1.165) is 5.75 Å². The number of aliphatic hydroxyl groups is 1. The lowest BCUT2D eigenvalue weighted by Crippen LogP contribution is -2.02. The second kappa shape index (κ2) is 6.64. The lowest BCUT2D eigenvalue weighted by atomic mass is 10.1. The maximum Gasteiger partial charge on any atom is 0.0698 e. The SMILES string of the molecule is OCCOCCSc1ccc2ccccc2c1. The van der Waals surface area contributed by atoms with E-state index in [4.69, 9.17) is 9.84 Å². The van der Waals surface area contributed by atoms with Gasteiger partial charge in [-0.3, -0.25) is 0 Å². The molecule has 0 aliphatic heterocycles. The number of hydrogen-bond donors (Lipinski definition) is 1. The summed E-state index contributed by atoms with van der Waals surface area (Å²) in [6.07, 6.45) is 0. The lowest BCUT2D eigenvalue weighted by Gasteiger charge is -2.04. The Hall–Kier alpha value is -1.03. The summed E-state index contributed by atoms with van der Waals surface area (Å²) in [6.45, 7) is 1.21.